The second kappa shape index (κ2) is 9.04. The molecular formula is C29H23F2N7. The first-order valence-electron chi connectivity index (χ1n) is 12.5. The van der Waals surface area contributed by atoms with Crippen molar-refractivity contribution in [3.8, 4) is 33.4 Å². The molecule has 1 fully saturated rings. The fourth-order valence-corrected chi connectivity index (χ4v) is 5.17. The molecule has 0 atom stereocenters. The van der Waals surface area contributed by atoms with Crippen LogP contribution in [0.15, 0.2) is 79.6 Å². The van der Waals surface area contributed by atoms with Crippen molar-refractivity contribution < 1.29 is 8.78 Å². The fraction of sp³-hybridized carbons (Fsp3) is 0.138. The first-order valence-corrected chi connectivity index (χ1v) is 12.5. The highest BCUT2D eigenvalue weighted by molar-refractivity contribution is 5.97. The predicted octanol–water partition coefficient (Wildman–Crippen LogP) is 5.29. The Kier molecular flexibility index (Phi) is 5.36. The van der Waals surface area contributed by atoms with Crippen LogP contribution in [-0.2, 0) is 0 Å². The second-order valence-electron chi connectivity index (χ2n) is 9.40. The van der Waals surface area contributed by atoms with Gasteiger partial charge in [-0.25, -0.2) is 18.3 Å². The van der Waals surface area contributed by atoms with Crippen LogP contribution < -0.4 is 10.2 Å². The summed E-state index contributed by atoms with van der Waals surface area (Å²) in [5.41, 5.74) is 7.18. The van der Waals surface area contributed by atoms with Gasteiger partial charge in [0, 0.05) is 84.8 Å². The average Bonchev–Trinajstić information content (AvgIpc) is 3.59. The number of aromatic amines is 1. The number of hydrogen-bond donors (Lipinski definition) is 2. The third-order valence-electron chi connectivity index (χ3n) is 7.14. The van der Waals surface area contributed by atoms with Crippen molar-refractivity contribution >= 4 is 22.2 Å². The van der Waals surface area contributed by atoms with Crippen LogP contribution in [0, 0.1) is 11.6 Å². The van der Waals surface area contributed by atoms with Crippen LogP contribution in [0.25, 0.3) is 49.9 Å². The molecule has 9 heteroatoms. The van der Waals surface area contributed by atoms with Gasteiger partial charge in [-0.1, -0.05) is 6.07 Å². The molecule has 6 aromatic rings. The number of anilines is 1. The van der Waals surface area contributed by atoms with Gasteiger partial charge in [-0.3, -0.25) is 4.98 Å². The highest BCUT2D eigenvalue weighted by atomic mass is 19.2. The molecule has 188 valence electrons. The maximum Gasteiger partial charge on any atom is 0.182 e. The topological polar surface area (TPSA) is 74.1 Å². The Morgan fingerprint density at radius 1 is 0.842 bits per heavy atom. The monoisotopic (exact) mass is 507 g/mol. The molecule has 38 heavy (non-hydrogen) atoms. The normalized spacial score (nSPS) is 14.0. The van der Waals surface area contributed by atoms with E-state index < -0.39 is 11.6 Å². The lowest BCUT2D eigenvalue weighted by atomic mass is 10.0. The number of halogens is 2. The van der Waals surface area contributed by atoms with Gasteiger partial charge in [-0.05, 0) is 47.5 Å². The van der Waals surface area contributed by atoms with Gasteiger partial charge in [0.2, 0.25) is 0 Å². The molecule has 7 nitrogen and oxygen atoms in total. The summed E-state index contributed by atoms with van der Waals surface area (Å²) in [5.74, 6) is -1.68. The number of fused-ring (bicyclic) bond motifs is 2. The molecular weight excluding hydrogens is 484 g/mol. The maximum atomic E-state index is 14.8. The summed E-state index contributed by atoms with van der Waals surface area (Å²) in [6.07, 6.45) is 10.9. The third kappa shape index (κ3) is 3.79. The standard InChI is InChI=1S/C29H23F2N7/c30-25-11-20(13-27(28(25)31)37-8-5-32-6-9-37)21-10-22-23(16-35-29(22)34-15-21)18-3-7-38-26(12-18)24(17-36-38)19-2-1-4-33-14-19/h1-4,7,10-17,32H,5-6,8-9H2,(H,34,35). The van der Waals surface area contributed by atoms with Crippen LogP contribution in [0.2, 0.25) is 0 Å². The zero-order chi connectivity index (χ0) is 25.6. The predicted molar refractivity (Wildman–Crippen MR) is 144 cm³/mol. The third-order valence-corrected chi connectivity index (χ3v) is 7.14. The van der Waals surface area contributed by atoms with Crippen molar-refractivity contribution in [2.45, 2.75) is 0 Å². The Labute approximate surface area is 216 Å². The largest absolute Gasteiger partial charge is 0.367 e. The number of rotatable bonds is 4. The van der Waals surface area contributed by atoms with E-state index in [2.05, 4.69) is 31.4 Å². The van der Waals surface area contributed by atoms with E-state index in [0.717, 1.165) is 57.5 Å². The number of hydrogen-bond acceptors (Lipinski definition) is 5. The average molecular weight is 508 g/mol. The molecule has 2 N–H and O–H groups in total. The molecule has 6 heterocycles. The van der Waals surface area contributed by atoms with Gasteiger partial charge in [-0.2, -0.15) is 5.10 Å². The first kappa shape index (κ1) is 22.6. The molecule has 1 aliphatic rings. The number of benzene rings is 1. The summed E-state index contributed by atoms with van der Waals surface area (Å²) in [5, 5.41) is 8.63. The molecule has 0 saturated carbocycles. The van der Waals surface area contributed by atoms with E-state index in [9.17, 15) is 8.78 Å². The smallest absolute Gasteiger partial charge is 0.182 e. The Morgan fingerprint density at radius 2 is 1.74 bits per heavy atom. The van der Waals surface area contributed by atoms with Crippen molar-refractivity contribution in [3.05, 3.63) is 91.3 Å². The lowest BCUT2D eigenvalue weighted by molar-refractivity contribution is 0.500. The van der Waals surface area contributed by atoms with E-state index in [1.165, 1.54) is 6.07 Å². The van der Waals surface area contributed by atoms with Gasteiger partial charge in [0.15, 0.2) is 11.6 Å². The van der Waals surface area contributed by atoms with Crippen molar-refractivity contribution in [2.24, 2.45) is 0 Å². The van der Waals surface area contributed by atoms with Gasteiger partial charge in [0.25, 0.3) is 0 Å². The molecule has 0 aliphatic carbocycles. The van der Waals surface area contributed by atoms with Crippen molar-refractivity contribution in [3.63, 3.8) is 0 Å². The highest BCUT2D eigenvalue weighted by Gasteiger charge is 2.20. The molecule has 0 spiro atoms. The van der Waals surface area contributed by atoms with Crippen molar-refractivity contribution in [1.29, 1.82) is 0 Å². The lowest BCUT2D eigenvalue weighted by Gasteiger charge is -2.30. The van der Waals surface area contributed by atoms with E-state index in [-0.39, 0.29) is 5.69 Å². The number of pyridine rings is 3. The van der Waals surface area contributed by atoms with E-state index in [1.807, 2.05) is 58.5 Å². The molecule has 1 aromatic carbocycles. The van der Waals surface area contributed by atoms with Gasteiger partial charge in [0.05, 0.1) is 17.4 Å². The van der Waals surface area contributed by atoms with Crippen LogP contribution >= 0.6 is 0 Å². The number of nitrogens with one attached hydrogen (secondary N) is 2. The van der Waals surface area contributed by atoms with Crippen molar-refractivity contribution in [2.75, 3.05) is 31.1 Å². The summed E-state index contributed by atoms with van der Waals surface area (Å²) < 4.78 is 31.3. The Bertz CT molecular complexity index is 1790. The van der Waals surface area contributed by atoms with Gasteiger partial charge < -0.3 is 15.2 Å². The number of H-pyrrole nitrogens is 1. The first-order chi connectivity index (χ1) is 18.7. The molecule has 1 aliphatic heterocycles. The summed E-state index contributed by atoms with van der Waals surface area (Å²) in [4.78, 5) is 14.0. The van der Waals surface area contributed by atoms with E-state index in [1.54, 1.807) is 18.5 Å². The molecule has 1 saturated heterocycles. The van der Waals surface area contributed by atoms with E-state index >= 15 is 0 Å². The van der Waals surface area contributed by atoms with E-state index in [0.29, 0.717) is 18.7 Å². The Balaban J connectivity index is 1.32. The van der Waals surface area contributed by atoms with Crippen LogP contribution in [0.3, 0.4) is 0 Å². The summed E-state index contributed by atoms with van der Waals surface area (Å²) >= 11 is 0. The summed E-state index contributed by atoms with van der Waals surface area (Å²) in [7, 11) is 0. The summed E-state index contributed by atoms with van der Waals surface area (Å²) in [6, 6.07) is 12.9. The zero-order valence-electron chi connectivity index (χ0n) is 20.3. The van der Waals surface area contributed by atoms with Gasteiger partial charge in [0.1, 0.15) is 5.65 Å². The molecule has 0 unspecified atom stereocenters. The molecule has 5 aromatic heterocycles. The quantitative estimate of drug-likeness (QED) is 0.339. The molecule has 0 amide bonds. The Morgan fingerprint density at radius 3 is 2.58 bits per heavy atom. The van der Waals surface area contributed by atoms with Crippen LogP contribution in [0.1, 0.15) is 0 Å². The second-order valence-corrected chi connectivity index (χ2v) is 9.40. The highest BCUT2D eigenvalue weighted by Crippen LogP contribution is 2.35. The Hall–Kier alpha value is -4.63. The fourth-order valence-electron chi connectivity index (χ4n) is 5.17. The van der Waals surface area contributed by atoms with Crippen LogP contribution in [0.5, 0.6) is 0 Å². The van der Waals surface area contributed by atoms with Gasteiger partial charge >= 0.3 is 0 Å². The minimum Gasteiger partial charge on any atom is -0.367 e. The molecule has 0 bridgehead atoms. The number of piperazine rings is 1. The number of nitrogens with zero attached hydrogens (tertiary/aromatic N) is 5. The van der Waals surface area contributed by atoms with Crippen LogP contribution in [-0.4, -0.2) is 50.7 Å². The minimum absolute atomic E-state index is 0.282. The van der Waals surface area contributed by atoms with Gasteiger partial charge in [-0.15, -0.1) is 0 Å². The number of aromatic nitrogens is 5. The SMILES string of the molecule is Fc1cc(-c2cnc3[nH]cc(-c4ccn5ncc(-c6cccnc6)c5c4)c3c2)cc(N2CCNCC2)c1F. The lowest BCUT2D eigenvalue weighted by Crippen LogP contribution is -2.44. The molecule has 7 rings (SSSR count). The van der Waals surface area contributed by atoms with E-state index in [4.69, 9.17) is 0 Å². The summed E-state index contributed by atoms with van der Waals surface area (Å²) in [6.45, 7) is 2.71. The molecule has 0 radical (unpaired) electrons. The van der Waals surface area contributed by atoms with Crippen molar-refractivity contribution in [1.82, 2.24) is 29.9 Å². The zero-order valence-corrected chi connectivity index (χ0v) is 20.3. The van der Waals surface area contributed by atoms with Crippen LogP contribution in [0.4, 0.5) is 14.5 Å². The maximum absolute atomic E-state index is 14.8. The minimum atomic E-state index is -0.862.